The molecule has 0 spiro atoms. The van der Waals surface area contributed by atoms with Crippen molar-refractivity contribution in [2.45, 2.75) is 111 Å². The SMILES string of the molecule is C1CCCCC1.C=C(C)CCC.CCCCCCC.Cn1cc(-c2ccnc(N)n2)cn1. The average Bonchev–Trinajstić information content (AvgIpc) is 3.23. The number of hydrogen-bond acceptors (Lipinski definition) is 4. The lowest BCUT2D eigenvalue weighted by Gasteiger charge is -2.05. The van der Waals surface area contributed by atoms with Crippen LogP contribution in [-0.4, -0.2) is 19.7 Å². The molecule has 1 fully saturated rings. The molecule has 5 nitrogen and oxygen atoms in total. The lowest BCUT2D eigenvalue weighted by molar-refractivity contribution is 0.504. The zero-order valence-corrected chi connectivity index (χ0v) is 21.6. The lowest BCUT2D eigenvalue weighted by atomic mass is 10.0. The molecule has 2 aromatic rings. The standard InChI is InChI=1S/C8H9N5.C7H16.2C6H12/c1-13-5-6(4-11-13)7-2-3-10-8(9)12-7;1-3-5-7-6-4-2;1-2-4-6-5-3-1;1-4-5-6(2)3/h2-5H,1H3,(H2,9,10,12);3-7H2,1-2H3;1-6H2;2,4-5H2,1,3H3. The van der Waals surface area contributed by atoms with Gasteiger partial charge in [-0.2, -0.15) is 5.10 Å². The van der Waals surface area contributed by atoms with Crippen LogP contribution in [0.15, 0.2) is 36.8 Å². The van der Waals surface area contributed by atoms with Gasteiger partial charge in [0.25, 0.3) is 0 Å². The maximum absolute atomic E-state index is 5.45. The first-order valence-electron chi connectivity index (χ1n) is 12.7. The molecule has 0 saturated heterocycles. The predicted octanol–water partition coefficient (Wildman–Crippen LogP) is 8.14. The molecular weight excluding hydrogens is 394 g/mol. The number of unbranched alkanes of at least 4 members (excludes halogenated alkanes) is 4. The molecule has 1 saturated carbocycles. The van der Waals surface area contributed by atoms with Crippen LogP contribution >= 0.6 is 0 Å². The highest BCUT2D eigenvalue weighted by Crippen LogP contribution is 2.15. The normalized spacial score (nSPS) is 12.3. The summed E-state index contributed by atoms with van der Waals surface area (Å²) in [6, 6.07) is 1.80. The van der Waals surface area contributed by atoms with Gasteiger partial charge in [-0.15, -0.1) is 6.58 Å². The van der Waals surface area contributed by atoms with E-state index in [1.165, 1.54) is 89.0 Å². The molecule has 1 aliphatic carbocycles. The molecule has 0 atom stereocenters. The van der Waals surface area contributed by atoms with Crippen LogP contribution in [0.2, 0.25) is 0 Å². The third-order valence-electron chi connectivity index (χ3n) is 5.06. The summed E-state index contributed by atoms with van der Waals surface area (Å²) in [6.45, 7) is 12.5. The van der Waals surface area contributed by atoms with Gasteiger partial charge in [-0.05, 0) is 19.4 Å². The third kappa shape index (κ3) is 17.5. The molecule has 2 N–H and O–H groups in total. The van der Waals surface area contributed by atoms with E-state index >= 15 is 0 Å². The zero-order chi connectivity index (χ0) is 24.0. The molecule has 5 heteroatoms. The van der Waals surface area contributed by atoms with Crippen LogP contribution in [0.3, 0.4) is 0 Å². The molecule has 1 aliphatic rings. The first kappa shape index (κ1) is 29.8. The summed E-state index contributed by atoms with van der Waals surface area (Å²) in [5.41, 5.74) is 8.48. The molecule has 3 rings (SSSR count). The summed E-state index contributed by atoms with van der Waals surface area (Å²) in [5.74, 6) is 0.279. The number of anilines is 1. The van der Waals surface area contributed by atoms with E-state index in [-0.39, 0.29) is 5.95 Å². The Labute approximate surface area is 197 Å². The van der Waals surface area contributed by atoms with E-state index in [4.69, 9.17) is 5.73 Å². The molecule has 2 aromatic heterocycles. The molecule has 2 heterocycles. The quantitative estimate of drug-likeness (QED) is 0.346. The fourth-order valence-electron chi connectivity index (χ4n) is 3.25. The lowest BCUT2D eigenvalue weighted by Crippen LogP contribution is -1.94. The van der Waals surface area contributed by atoms with E-state index in [0.29, 0.717) is 0 Å². The summed E-state index contributed by atoms with van der Waals surface area (Å²) in [4.78, 5) is 7.88. The van der Waals surface area contributed by atoms with E-state index in [2.05, 4.69) is 49.3 Å². The van der Waals surface area contributed by atoms with Crippen molar-refractivity contribution in [3.63, 3.8) is 0 Å². The summed E-state index contributed by atoms with van der Waals surface area (Å²) >= 11 is 0. The van der Waals surface area contributed by atoms with Crippen molar-refractivity contribution in [1.29, 1.82) is 0 Å². The van der Waals surface area contributed by atoms with Crippen molar-refractivity contribution in [1.82, 2.24) is 19.7 Å². The van der Waals surface area contributed by atoms with Crippen molar-refractivity contribution >= 4 is 5.95 Å². The van der Waals surface area contributed by atoms with Crippen molar-refractivity contribution in [2.75, 3.05) is 5.73 Å². The van der Waals surface area contributed by atoms with E-state index in [1.54, 1.807) is 23.1 Å². The highest BCUT2D eigenvalue weighted by Gasteiger charge is 2.01. The third-order valence-corrected chi connectivity index (χ3v) is 5.06. The Bertz CT molecular complexity index is 673. The van der Waals surface area contributed by atoms with Crippen LogP contribution in [0.1, 0.15) is 111 Å². The van der Waals surface area contributed by atoms with Gasteiger partial charge in [0, 0.05) is 25.0 Å². The maximum atomic E-state index is 5.45. The summed E-state index contributed by atoms with van der Waals surface area (Å²) in [6.07, 6.45) is 23.7. The number of hydrogen-bond donors (Lipinski definition) is 1. The molecule has 0 bridgehead atoms. The van der Waals surface area contributed by atoms with Gasteiger partial charge in [-0.25, -0.2) is 9.97 Å². The first-order valence-corrected chi connectivity index (χ1v) is 12.7. The minimum atomic E-state index is 0.279. The summed E-state index contributed by atoms with van der Waals surface area (Å²) < 4.78 is 1.72. The Kier molecular flexibility index (Phi) is 19.3. The molecule has 0 amide bonds. The van der Waals surface area contributed by atoms with Crippen LogP contribution in [0.25, 0.3) is 11.3 Å². The van der Waals surface area contributed by atoms with Crippen molar-refractivity contribution in [3.05, 3.63) is 36.8 Å². The number of allylic oxidation sites excluding steroid dienone is 1. The average molecular weight is 444 g/mol. The number of nitrogens with zero attached hydrogens (tertiary/aromatic N) is 4. The summed E-state index contributed by atoms with van der Waals surface area (Å²) in [7, 11) is 1.86. The Hall–Kier alpha value is -2.17. The first-order chi connectivity index (χ1) is 15.4. The Balaban J connectivity index is 0.000000434. The van der Waals surface area contributed by atoms with E-state index in [0.717, 1.165) is 11.3 Å². The second-order valence-corrected chi connectivity index (χ2v) is 8.59. The summed E-state index contributed by atoms with van der Waals surface area (Å²) in [5, 5.41) is 4.04. The van der Waals surface area contributed by atoms with Crippen LogP contribution in [0.5, 0.6) is 0 Å². The molecular formula is C27H49N5. The Morgan fingerprint density at radius 3 is 1.88 bits per heavy atom. The largest absolute Gasteiger partial charge is 0.368 e. The number of aryl methyl sites for hydroxylation is 1. The maximum Gasteiger partial charge on any atom is 0.220 e. The van der Waals surface area contributed by atoms with Gasteiger partial charge in [0.15, 0.2) is 0 Å². The van der Waals surface area contributed by atoms with Crippen LogP contribution in [-0.2, 0) is 7.05 Å². The van der Waals surface area contributed by atoms with Gasteiger partial charge >= 0.3 is 0 Å². The number of nitrogen functional groups attached to an aromatic ring is 1. The minimum absolute atomic E-state index is 0.279. The fourth-order valence-corrected chi connectivity index (χ4v) is 3.25. The van der Waals surface area contributed by atoms with Gasteiger partial charge in [-0.1, -0.05) is 103 Å². The van der Waals surface area contributed by atoms with Gasteiger partial charge in [0.2, 0.25) is 5.95 Å². The van der Waals surface area contributed by atoms with Crippen molar-refractivity contribution in [2.24, 2.45) is 7.05 Å². The van der Waals surface area contributed by atoms with E-state index in [1.807, 2.05) is 13.2 Å². The van der Waals surface area contributed by atoms with E-state index < -0.39 is 0 Å². The predicted molar refractivity (Wildman–Crippen MR) is 141 cm³/mol. The molecule has 0 unspecified atom stereocenters. The molecule has 0 radical (unpaired) electrons. The monoisotopic (exact) mass is 443 g/mol. The Morgan fingerprint density at radius 2 is 1.53 bits per heavy atom. The van der Waals surface area contributed by atoms with Crippen LogP contribution < -0.4 is 5.73 Å². The topological polar surface area (TPSA) is 69.6 Å². The van der Waals surface area contributed by atoms with Gasteiger partial charge < -0.3 is 5.73 Å². The zero-order valence-electron chi connectivity index (χ0n) is 21.6. The van der Waals surface area contributed by atoms with E-state index in [9.17, 15) is 0 Å². The fraction of sp³-hybridized carbons (Fsp3) is 0.667. The van der Waals surface area contributed by atoms with Crippen molar-refractivity contribution in [3.8, 4) is 11.3 Å². The molecule has 0 aliphatic heterocycles. The number of nitrogens with two attached hydrogens (primary N) is 1. The van der Waals surface area contributed by atoms with Crippen molar-refractivity contribution < 1.29 is 0 Å². The Morgan fingerprint density at radius 1 is 0.969 bits per heavy atom. The van der Waals surface area contributed by atoms with Crippen LogP contribution in [0.4, 0.5) is 5.95 Å². The minimum Gasteiger partial charge on any atom is -0.368 e. The number of rotatable bonds is 7. The molecule has 182 valence electrons. The van der Waals surface area contributed by atoms with Gasteiger partial charge in [0.1, 0.15) is 0 Å². The second kappa shape index (κ2) is 20.7. The molecule has 0 aromatic carbocycles. The van der Waals surface area contributed by atoms with Gasteiger partial charge in [-0.3, -0.25) is 4.68 Å². The molecule has 32 heavy (non-hydrogen) atoms. The van der Waals surface area contributed by atoms with Gasteiger partial charge in [0.05, 0.1) is 11.9 Å². The number of aromatic nitrogens is 4. The van der Waals surface area contributed by atoms with Crippen LogP contribution in [0, 0.1) is 0 Å². The highest BCUT2D eigenvalue weighted by atomic mass is 15.2. The highest BCUT2D eigenvalue weighted by molar-refractivity contribution is 5.57. The second-order valence-electron chi connectivity index (χ2n) is 8.59. The smallest absolute Gasteiger partial charge is 0.220 e.